The Kier molecular flexibility index (Phi) is 33.6. The van der Waals surface area contributed by atoms with Gasteiger partial charge in [-0.15, -0.1) is 0 Å². The first-order chi connectivity index (χ1) is 30.6. The number of piperidine rings is 1. The highest BCUT2D eigenvalue weighted by molar-refractivity contribution is 4.82. The van der Waals surface area contributed by atoms with E-state index < -0.39 is 0 Å². The predicted octanol–water partition coefficient (Wildman–Crippen LogP) is 11.2. The number of hydrogen-bond acceptors (Lipinski definition) is 9. The molecule has 65 heavy (non-hydrogen) atoms. The van der Waals surface area contributed by atoms with Gasteiger partial charge in [-0.1, -0.05) is 51.4 Å². The van der Waals surface area contributed by atoms with Crippen LogP contribution in [0.15, 0.2) is 0 Å². The Bertz CT molecular complexity index is 1010. The highest BCUT2D eigenvalue weighted by atomic mass is 16.5. The maximum absolute atomic E-state index is 5.29. The van der Waals surface area contributed by atoms with Gasteiger partial charge in [0.15, 0.2) is 0 Å². The van der Waals surface area contributed by atoms with Crippen LogP contribution in [0.25, 0.3) is 0 Å². The zero-order valence-corrected chi connectivity index (χ0v) is 47.9. The minimum absolute atomic E-state index is 0.645. The molecule has 2 unspecified atom stereocenters. The van der Waals surface area contributed by atoms with Crippen LogP contribution in [0, 0.1) is 0 Å². The van der Waals surface area contributed by atoms with Crippen LogP contribution in [0.4, 0.5) is 0 Å². The maximum Gasteiger partial charge on any atom is 0.0622 e. The van der Waals surface area contributed by atoms with Crippen molar-refractivity contribution in [3.05, 3.63) is 0 Å². The molecule has 6 rings (SSSR count). The van der Waals surface area contributed by atoms with E-state index in [2.05, 4.69) is 179 Å². The lowest BCUT2D eigenvalue weighted by Crippen LogP contribution is -2.44. The molecule has 9 heteroatoms. The second kappa shape index (κ2) is 34.9. The maximum atomic E-state index is 5.29. The normalized spacial score (nSPS) is 23.4. The van der Waals surface area contributed by atoms with Gasteiger partial charge in [0.25, 0.3) is 0 Å². The molecule has 3 aliphatic heterocycles. The second-order valence-corrected chi connectivity index (χ2v) is 23.3. The van der Waals surface area contributed by atoms with Crippen LogP contribution in [0.5, 0.6) is 0 Å². The summed E-state index contributed by atoms with van der Waals surface area (Å²) in [7, 11) is 17.8. The van der Waals surface area contributed by atoms with Crippen molar-refractivity contribution < 1.29 is 4.74 Å². The highest BCUT2D eigenvalue weighted by Crippen LogP contribution is 2.25. The number of rotatable bonds is 12. The first-order valence-electron chi connectivity index (χ1n) is 27.8. The number of hydrogen-bond donors (Lipinski definition) is 0. The van der Waals surface area contributed by atoms with Gasteiger partial charge < -0.3 is 34.1 Å². The molecule has 6 fully saturated rings. The van der Waals surface area contributed by atoms with Gasteiger partial charge in [0.2, 0.25) is 0 Å². The third-order valence-corrected chi connectivity index (χ3v) is 16.8. The minimum atomic E-state index is 0.645. The molecule has 0 radical (unpaired) electrons. The van der Waals surface area contributed by atoms with Crippen LogP contribution in [0.1, 0.15) is 199 Å². The summed E-state index contributed by atoms with van der Waals surface area (Å²) >= 11 is 0. The van der Waals surface area contributed by atoms with E-state index in [9.17, 15) is 0 Å². The van der Waals surface area contributed by atoms with Crippen LogP contribution in [-0.2, 0) is 4.74 Å². The molecule has 390 valence electrons. The smallest absolute Gasteiger partial charge is 0.0622 e. The van der Waals surface area contributed by atoms with Crippen LogP contribution < -0.4 is 0 Å². The molecule has 0 N–H and O–H groups in total. The van der Waals surface area contributed by atoms with Gasteiger partial charge >= 0.3 is 0 Å². The van der Waals surface area contributed by atoms with Gasteiger partial charge in [0, 0.05) is 85.7 Å². The lowest BCUT2D eigenvalue weighted by atomic mass is 9.94. The van der Waals surface area contributed by atoms with Gasteiger partial charge in [-0.3, -0.25) is 9.80 Å². The highest BCUT2D eigenvalue weighted by Gasteiger charge is 2.26. The first kappa shape index (κ1) is 62.7. The molecule has 0 aromatic heterocycles. The molecule has 2 atom stereocenters. The van der Waals surface area contributed by atoms with Gasteiger partial charge in [0.05, 0.1) is 6.61 Å². The Morgan fingerprint density at radius 2 is 0.585 bits per heavy atom. The summed E-state index contributed by atoms with van der Waals surface area (Å²) < 4.78 is 5.29. The fourth-order valence-electron chi connectivity index (χ4n) is 10.3. The standard InChI is InChI=1S/C10H22N2.2C10H21N.C9H20N2.C9H19N.C8H17NO/c1-9(2)12(4)10-5-7-11(3)8-6-10;2*1-9(2)11(3)10-7-5-4-6-8-10;1-8(2)11(4)9-5-6-10(3)7-9;1-8(2)10(3)9-6-4-5-7-9;1-7(2)9(3)8-4-5-10-6-8/h9-10H,5-8H2,1-4H3;2*9-10H,4-8H2,1-3H3;8-9H,5-7H2,1-4H3;8-9H,4-7H2,1-3H3;7-8H,4-6H2,1-3H3. The molecule has 3 aliphatic carbocycles. The van der Waals surface area contributed by atoms with Gasteiger partial charge in [-0.25, -0.2) is 0 Å². The molecule has 0 aromatic carbocycles. The van der Waals surface area contributed by atoms with Crippen molar-refractivity contribution in [3.63, 3.8) is 0 Å². The topological polar surface area (TPSA) is 35.2 Å². The SMILES string of the molecule is CC(C)N(C)C1CCCC1.CC(C)N(C)C1CCCCC1.CC(C)N(C)C1CCCCC1.CC(C)N(C)C1CCN(C)C1.CC(C)N(C)C1CCN(C)CC1.CC(C)N(C)C1CCOC1. The largest absolute Gasteiger partial charge is 0.380 e. The van der Waals surface area contributed by atoms with Crippen molar-refractivity contribution >= 4 is 0 Å². The molecule has 9 nitrogen and oxygen atoms in total. The fraction of sp³-hybridized carbons (Fsp3) is 1.00. The van der Waals surface area contributed by atoms with Crippen molar-refractivity contribution in [1.82, 2.24) is 39.2 Å². The second-order valence-electron chi connectivity index (χ2n) is 23.3. The van der Waals surface area contributed by atoms with E-state index in [1.165, 1.54) is 142 Å². The number of nitrogens with zero attached hydrogens (tertiary/aromatic N) is 8. The van der Waals surface area contributed by atoms with Crippen molar-refractivity contribution in [1.29, 1.82) is 0 Å². The molecule has 3 heterocycles. The molecule has 0 aromatic rings. The Balaban J connectivity index is 0.000000390. The van der Waals surface area contributed by atoms with Crippen LogP contribution in [0.3, 0.4) is 0 Å². The first-order valence-corrected chi connectivity index (χ1v) is 27.8. The van der Waals surface area contributed by atoms with Crippen LogP contribution >= 0.6 is 0 Å². The van der Waals surface area contributed by atoms with Gasteiger partial charge in [-0.2, -0.15) is 0 Å². The molecule has 0 bridgehead atoms. The van der Waals surface area contributed by atoms with Gasteiger partial charge in [0.1, 0.15) is 0 Å². The average molecular weight is 922 g/mol. The van der Waals surface area contributed by atoms with Crippen molar-refractivity contribution in [2.45, 2.75) is 271 Å². The monoisotopic (exact) mass is 921 g/mol. The Morgan fingerprint density at radius 3 is 0.862 bits per heavy atom. The number of likely N-dealkylation sites (N-methyl/N-ethyl adjacent to an activating group) is 3. The minimum Gasteiger partial charge on any atom is -0.380 e. The van der Waals surface area contributed by atoms with Crippen LogP contribution in [-0.4, -0.2) is 207 Å². The summed E-state index contributed by atoms with van der Waals surface area (Å²) in [5.74, 6) is 0. The number of ether oxygens (including phenoxy) is 1. The Labute approximate surface area is 409 Å². The van der Waals surface area contributed by atoms with E-state index in [0.29, 0.717) is 24.2 Å². The summed E-state index contributed by atoms with van der Waals surface area (Å²) in [6.07, 6.45) is 25.4. The van der Waals surface area contributed by atoms with Gasteiger partial charge in [-0.05, 0) is 223 Å². The zero-order chi connectivity index (χ0) is 49.2. The third-order valence-electron chi connectivity index (χ3n) is 16.8. The quantitative estimate of drug-likeness (QED) is 0.190. The molecule has 3 saturated heterocycles. The zero-order valence-electron chi connectivity index (χ0n) is 47.9. The summed E-state index contributed by atoms with van der Waals surface area (Å²) in [6.45, 7) is 34.1. The molecule has 0 amide bonds. The van der Waals surface area contributed by atoms with E-state index in [1.54, 1.807) is 0 Å². The molecule has 6 aliphatic rings. The van der Waals surface area contributed by atoms with Crippen molar-refractivity contribution in [3.8, 4) is 0 Å². The average Bonchev–Trinajstić information content (AvgIpc) is 4.12. The number of likely N-dealkylation sites (tertiary alicyclic amines) is 2. The summed E-state index contributed by atoms with van der Waals surface area (Å²) in [5, 5.41) is 0. The van der Waals surface area contributed by atoms with Crippen molar-refractivity contribution in [2.24, 2.45) is 0 Å². The molecule has 0 spiro atoms. The summed E-state index contributed by atoms with van der Waals surface area (Å²) in [6, 6.07) is 9.12. The molecular formula is C56H120N8O. The van der Waals surface area contributed by atoms with E-state index in [0.717, 1.165) is 61.5 Å². The Hall–Kier alpha value is -0.360. The predicted molar refractivity (Wildman–Crippen MR) is 289 cm³/mol. The molecular weight excluding hydrogens is 801 g/mol. The fourth-order valence-corrected chi connectivity index (χ4v) is 10.3. The van der Waals surface area contributed by atoms with E-state index >= 15 is 0 Å². The Morgan fingerprint density at radius 1 is 0.323 bits per heavy atom. The lowest BCUT2D eigenvalue weighted by Gasteiger charge is -2.37. The van der Waals surface area contributed by atoms with E-state index in [1.807, 2.05) is 0 Å². The van der Waals surface area contributed by atoms with E-state index in [4.69, 9.17) is 4.74 Å². The van der Waals surface area contributed by atoms with Crippen LogP contribution in [0.2, 0.25) is 0 Å². The van der Waals surface area contributed by atoms with E-state index in [-0.39, 0.29) is 0 Å². The lowest BCUT2D eigenvalue weighted by molar-refractivity contribution is 0.120. The van der Waals surface area contributed by atoms with Crippen molar-refractivity contribution in [2.75, 3.05) is 95.8 Å². The summed E-state index contributed by atoms with van der Waals surface area (Å²) in [5.41, 5.74) is 0. The molecule has 3 saturated carbocycles. The third kappa shape index (κ3) is 25.9. The summed E-state index contributed by atoms with van der Waals surface area (Å²) in [4.78, 5) is 19.8.